The van der Waals surface area contributed by atoms with Crippen LogP contribution in [0.1, 0.15) is 49.5 Å². The molecule has 1 unspecified atom stereocenters. The van der Waals surface area contributed by atoms with Crippen molar-refractivity contribution in [3.8, 4) is 0 Å². The molecule has 1 fully saturated rings. The molecule has 1 atom stereocenters. The van der Waals surface area contributed by atoms with Crippen molar-refractivity contribution in [1.82, 2.24) is 4.90 Å². The second-order valence-corrected chi connectivity index (χ2v) is 9.39. The van der Waals surface area contributed by atoms with Gasteiger partial charge in [0.15, 0.2) is 0 Å². The number of anilines is 1. The minimum atomic E-state index is -0.851. The second kappa shape index (κ2) is 9.98. The Morgan fingerprint density at radius 2 is 1.67 bits per heavy atom. The average Bonchev–Trinajstić information content (AvgIpc) is 3.06. The number of amides is 3. The Balaban J connectivity index is 1.84. The van der Waals surface area contributed by atoms with Crippen molar-refractivity contribution in [3.05, 3.63) is 65.7 Å². The summed E-state index contributed by atoms with van der Waals surface area (Å²) in [5.74, 6) is -1.45. The molecule has 1 aliphatic heterocycles. The summed E-state index contributed by atoms with van der Waals surface area (Å²) < 4.78 is 4.69. The molecule has 7 nitrogen and oxygen atoms in total. The topological polar surface area (TPSA) is 84.0 Å². The quantitative estimate of drug-likeness (QED) is 0.475. The van der Waals surface area contributed by atoms with Gasteiger partial charge in [0.25, 0.3) is 5.91 Å². The average molecular weight is 451 g/mol. The highest BCUT2D eigenvalue weighted by atomic mass is 16.5. The number of hydrogen-bond acceptors (Lipinski definition) is 5. The van der Waals surface area contributed by atoms with Crippen molar-refractivity contribution in [1.29, 1.82) is 0 Å². The van der Waals surface area contributed by atoms with Crippen LogP contribution in [-0.4, -0.2) is 48.3 Å². The van der Waals surface area contributed by atoms with E-state index in [1.54, 1.807) is 4.90 Å². The summed E-state index contributed by atoms with van der Waals surface area (Å²) in [6.07, 6.45) is 0.790. The first-order valence-electron chi connectivity index (χ1n) is 11.0. The minimum Gasteiger partial charge on any atom is -0.465 e. The molecule has 0 aromatic heterocycles. The summed E-state index contributed by atoms with van der Waals surface area (Å²) in [6, 6.07) is 15.0. The summed E-state index contributed by atoms with van der Waals surface area (Å²) in [5.41, 5.74) is 1.49. The zero-order chi connectivity index (χ0) is 24.2. The predicted molar refractivity (Wildman–Crippen MR) is 125 cm³/mol. The summed E-state index contributed by atoms with van der Waals surface area (Å²) in [6.45, 7) is 6.25. The highest BCUT2D eigenvalue weighted by Gasteiger charge is 2.44. The van der Waals surface area contributed by atoms with Crippen LogP contribution in [0.5, 0.6) is 0 Å². The highest BCUT2D eigenvalue weighted by molar-refractivity contribution is 6.23. The van der Waals surface area contributed by atoms with Crippen LogP contribution in [0.15, 0.2) is 54.6 Å². The Morgan fingerprint density at radius 1 is 1.03 bits per heavy atom. The SMILES string of the molecule is COC(=O)c1ccc(N2C(=O)CC(N(CCc3ccccc3)C(=O)CC(C)(C)C)C2=O)cc1. The molecule has 0 saturated carbocycles. The first kappa shape index (κ1) is 24.2. The van der Waals surface area contributed by atoms with E-state index in [0.717, 1.165) is 10.5 Å². The Labute approximate surface area is 194 Å². The largest absolute Gasteiger partial charge is 0.465 e. The molecule has 1 saturated heterocycles. The van der Waals surface area contributed by atoms with Crippen LogP contribution in [-0.2, 0) is 25.5 Å². The normalized spacial score (nSPS) is 16.1. The zero-order valence-electron chi connectivity index (χ0n) is 19.5. The number of imide groups is 1. The molecule has 0 bridgehead atoms. The van der Waals surface area contributed by atoms with Crippen LogP contribution >= 0.6 is 0 Å². The van der Waals surface area contributed by atoms with Gasteiger partial charge in [0.1, 0.15) is 6.04 Å². The number of nitrogens with zero attached hydrogens (tertiary/aromatic N) is 2. The maximum absolute atomic E-state index is 13.3. The third-order valence-corrected chi connectivity index (χ3v) is 5.53. The van der Waals surface area contributed by atoms with Gasteiger partial charge >= 0.3 is 5.97 Å². The summed E-state index contributed by atoms with van der Waals surface area (Å²) in [7, 11) is 1.28. The van der Waals surface area contributed by atoms with Crippen molar-refractivity contribution in [3.63, 3.8) is 0 Å². The second-order valence-electron chi connectivity index (χ2n) is 9.39. The molecule has 33 heavy (non-hydrogen) atoms. The lowest BCUT2D eigenvalue weighted by Gasteiger charge is -2.30. The van der Waals surface area contributed by atoms with Gasteiger partial charge < -0.3 is 9.64 Å². The fourth-order valence-electron chi connectivity index (χ4n) is 3.90. The van der Waals surface area contributed by atoms with Crippen LogP contribution < -0.4 is 4.90 Å². The number of carbonyl (C=O) groups is 4. The Hall–Kier alpha value is -3.48. The van der Waals surface area contributed by atoms with E-state index in [9.17, 15) is 19.2 Å². The number of rotatable bonds is 7. The fraction of sp³-hybridized carbons (Fsp3) is 0.385. The molecular weight excluding hydrogens is 420 g/mol. The first-order chi connectivity index (χ1) is 15.6. The Bertz CT molecular complexity index is 1020. The number of hydrogen-bond donors (Lipinski definition) is 0. The zero-order valence-corrected chi connectivity index (χ0v) is 19.5. The standard InChI is InChI=1S/C26H30N2O5/c1-26(2,3)17-23(30)27(15-14-18-8-6-5-7-9-18)21-16-22(29)28(24(21)31)20-12-10-19(11-13-20)25(32)33-4/h5-13,21H,14-17H2,1-4H3. The molecular formula is C26H30N2O5. The van der Waals surface area contributed by atoms with Crippen LogP contribution in [0.3, 0.4) is 0 Å². The van der Waals surface area contributed by atoms with Gasteiger partial charge in [0.2, 0.25) is 11.8 Å². The van der Waals surface area contributed by atoms with Gasteiger partial charge in [0.05, 0.1) is 24.8 Å². The van der Waals surface area contributed by atoms with Crippen LogP contribution in [0.2, 0.25) is 0 Å². The number of benzene rings is 2. The van der Waals surface area contributed by atoms with Gasteiger partial charge in [-0.25, -0.2) is 9.69 Å². The summed E-state index contributed by atoms with van der Waals surface area (Å²) >= 11 is 0. The third kappa shape index (κ3) is 5.86. The lowest BCUT2D eigenvalue weighted by molar-refractivity contribution is -0.139. The monoisotopic (exact) mass is 450 g/mol. The van der Waals surface area contributed by atoms with Crippen LogP contribution in [0.4, 0.5) is 5.69 Å². The third-order valence-electron chi connectivity index (χ3n) is 5.53. The minimum absolute atomic E-state index is 0.0672. The molecule has 1 aliphatic rings. The summed E-state index contributed by atoms with van der Waals surface area (Å²) in [4.78, 5) is 53.7. The number of esters is 1. The smallest absolute Gasteiger partial charge is 0.337 e. The van der Waals surface area contributed by atoms with Crippen molar-refractivity contribution >= 4 is 29.4 Å². The molecule has 7 heteroatoms. The molecule has 0 N–H and O–H groups in total. The molecule has 2 aromatic rings. The van der Waals surface area contributed by atoms with E-state index in [2.05, 4.69) is 0 Å². The van der Waals surface area contributed by atoms with Gasteiger partial charge in [-0.05, 0) is 41.7 Å². The van der Waals surface area contributed by atoms with Crippen LogP contribution in [0.25, 0.3) is 0 Å². The van der Waals surface area contributed by atoms with Gasteiger partial charge in [-0.2, -0.15) is 0 Å². The summed E-state index contributed by atoms with van der Waals surface area (Å²) in [5, 5.41) is 0. The molecule has 1 heterocycles. The molecule has 2 aromatic carbocycles. The molecule has 0 radical (unpaired) electrons. The van der Waals surface area contributed by atoms with E-state index >= 15 is 0 Å². The van der Waals surface area contributed by atoms with E-state index in [-0.39, 0.29) is 30.1 Å². The number of carbonyl (C=O) groups excluding carboxylic acids is 4. The van der Waals surface area contributed by atoms with E-state index in [1.807, 2.05) is 51.1 Å². The maximum atomic E-state index is 13.3. The van der Waals surface area contributed by atoms with Gasteiger partial charge in [-0.3, -0.25) is 14.4 Å². The van der Waals surface area contributed by atoms with Gasteiger partial charge in [-0.15, -0.1) is 0 Å². The van der Waals surface area contributed by atoms with E-state index in [4.69, 9.17) is 4.74 Å². The molecule has 0 aliphatic carbocycles. The highest BCUT2D eigenvalue weighted by Crippen LogP contribution is 2.28. The van der Waals surface area contributed by atoms with Crippen LogP contribution in [0, 0.1) is 5.41 Å². The van der Waals surface area contributed by atoms with E-state index in [1.165, 1.54) is 31.4 Å². The number of ether oxygens (including phenoxy) is 1. The van der Waals surface area contributed by atoms with E-state index in [0.29, 0.717) is 24.2 Å². The predicted octanol–water partition coefficient (Wildman–Crippen LogP) is 3.61. The molecule has 0 spiro atoms. The van der Waals surface area contributed by atoms with Crippen molar-refractivity contribution < 1.29 is 23.9 Å². The lowest BCUT2D eigenvalue weighted by atomic mass is 9.91. The fourth-order valence-corrected chi connectivity index (χ4v) is 3.90. The number of methoxy groups -OCH3 is 1. The lowest BCUT2D eigenvalue weighted by Crippen LogP contribution is -2.47. The Morgan fingerprint density at radius 3 is 2.24 bits per heavy atom. The van der Waals surface area contributed by atoms with Gasteiger partial charge in [-0.1, -0.05) is 51.1 Å². The molecule has 3 amide bonds. The Kier molecular flexibility index (Phi) is 7.31. The van der Waals surface area contributed by atoms with Gasteiger partial charge in [0, 0.05) is 13.0 Å². The molecule has 3 rings (SSSR count). The maximum Gasteiger partial charge on any atom is 0.337 e. The van der Waals surface area contributed by atoms with Crippen molar-refractivity contribution in [2.24, 2.45) is 5.41 Å². The van der Waals surface area contributed by atoms with E-state index < -0.39 is 17.9 Å². The first-order valence-corrected chi connectivity index (χ1v) is 11.0. The van der Waals surface area contributed by atoms with Crippen molar-refractivity contribution in [2.75, 3.05) is 18.6 Å². The molecule has 174 valence electrons. The van der Waals surface area contributed by atoms with Crippen molar-refractivity contribution in [2.45, 2.75) is 46.1 Å².